The zero-order valence-corrected chi connectivity index (χ0v) is 10.7. The molecule has 0 spiro atoms. The highest BCUT2D eigenvalue weighted by Gasteiger charge is 2.15. The summed E-state index contributed by atoms with van der Waals surface area (Å²) in [5.74, 6) is 0. The van der Waals surface area contributed by atoms with Gasteiger partial charge in [0.15, 0.2) is 6.29 Å². The molecule has 0 saturated carbocycles. The maximum absolute atomic E-state index is 11.0. The van der Waals surface area contributed by atoms with Crippen molar-refractivity contribution in [2.24, 2.45) is 0 Å². The van der Waals surface area contributed by atoms with Gasteiger partial charge < -0.3 is 0 Å². The molecular weight excluding hydrogens is 242 g/mol. The van der Waals surface area contributed by atoms with Gasteiger partial charge in [-0.25, -0.2) is 0 Å². The SMILES string of the molecule is Cc1ccc(C)c(-c2ccc(C=O)c([N+](=O)[O-])c2)c1. The van der Waals surface area contributed by atoms with E-state index in [1.807, 2.05) is 32.0 Å². The van der Waals surface area contributed by atoms with Gasteiger partial charge in [0.25, 0.3) is 5.69 Å². The zero-order valence-electron chi connectivity index (χ0n) is 10.7. The molecule has 19 heavy (non-hydrogen) atoms. The van der Waals surface area contributed by atoms with Crippen LogP contribution in [0.5, 0.6) is 0 Å². The second kappa shape index (κ2) is 5.02. The predicted octanol–water partition coefficient (Wildman–Crippen LogP) is 3.69. The van der Waals surface area contributed by atoms with Gasteiger partial charge in [-0.1, -0.05) is 29.8 Å². The number of hydrogen-bond acceptors (Lipinski definition) is 3. The molecule has 0 aliphatic rings. The number of nitro groups is 1. The maximum atomic E-state index is 11.0. The predicted molar refractivity (Wildman–Crippen MR) is 73.4 cm³/mol. The number of nitrogens with zero attached hydrogens (tertiary/aromatic N) is 1. The van der Waals surface area contributed by atoms with E-state index in [-0.39, 0.29) is 11.3 Å². The summed E-state index contributed by atoms with van der Waals surface area (Å²) in [6.45, 7) is 3.92. The minimum Gasteiger partial charge on any atom is -0.298 e. The van der Waals surface area contributed by atoms with Crippen molar-refractivity contribution in [2.75, 3.05) is 0 Å². The lowest BCUT2D eigenvalue weighted by Gasteiger charge is -2.08. The third-order valence-electron chi connectivity index (χ3n) is 3.06. The molecule has 4 nitrogen and oxygen atoms in total. The summed E-state index contributed by atoms with van der Waals surface area (Å²) >= 11 is 0. The minimum absolute atomic E-state index is 0.0963. The van der Waals surface area contributed by atoms with Crippen molar-refractivity contribution in [3.05, 3.63) is 63.2 Å². The molecule has 0 saturated heterocycles. The molecule has 0 N–H and O–H groups in total. The zero-order chi connectivity index (χ0) is 14.0. The smallest absolute Gasteiger partial charge is 0.280 e. The first-order chi connectivity index (χ1) is 9.02. The Hall–Kier alpha value is -2.49. The highest BCUT2D eigenvalue weighted by Crippen LogP contribution is 2.29. The van der Waals surface area contributed by atoms with Gasteiger partial charge in [0, 0.05) is 6.07 Å². The molecule has 0 radical (unpaired) electrons. The van der Waals surface area contributed by atoms with Crippen LogP contribution in [0.3, 0.4) is 0 Å². The second-order valence-electron chi connectivity index (χ2n) is 4.47. The molecule has 0 aromatic heterocycles. The fraction of sp³-hybridized carbons (Fsp3) is 0.133. The number of aryl methyl sites for hydroxylation is 2. The van der Waals surface area contributed by atoms with Gasteiger partial charge in [0.2, 0.25) is 0 Å². The van der Waals surface area contributed by atoms with Crippen molar-refractivity contribution >= 4 is 12.0 Å². The van der Waals surface area contributed by atoms with E-state index >= 15 is 0 Å². The van der Waals surface area contributed by atoms with Crippen LogP contribution in [0.2, 0.25) is 0 Å². The first-order valence-corrected chi connectivity index (χ1v) is 5.84. The molecule has 2 aromatic carbocycles. The molecule has 0 bridgehead atoms. The Morgan fingerprint density at radius 1 is 1.11 bits per heavy atom. The minimum atomic E-state index is -0.529. The summed E-state index contributed by atoms with van der Waals surface area (Å²) in [6.07, 6.45) is 0.505. The number of nitro benzene ring substituents is 1. The van der Waals surface area contributed by atoms with E-state index in [4.69, 9.17) is 0 Å². The van der Waals surface area contributed by atoms with Gasteiger partial charge in [-0.05, 0) is 36.6 Å². The lowest BCUT2D eigenvalue weighted by atomic mass is 9.97. The van der Waals surface area contributed by atoms with Crippen LogP contribution in [0.25, 0.3) is 11.1 Å². The average Bonchev–Trinajstić information content (AvgIpc) is 2.40. The standard InChI is InChI=1S/C15H13NO3/c1-10-3-4-11(2)14(7-10)12-5-6-13(9-17)15(8-12)16(18)19/h3-9H,1-2H3. The van der Waals surface area contributed by atoms with E-state index in [9.17, 15) is 14.9 Å². The lowest BCUT2D eigenvalue weighted by Crippen LogP contribution is -1.95. The summed E-state index contributed by atoms with van der Waals surface area (Å²) in [7, 11) is 0. The van der Waals surface area contributed by atoms with Crippen LogP contribution in [0, 0.1) is 24.0 Å². The third-order valence-corrected chi connectivity index (χ3v) is 3.06. The van der Waals surface area contributed by atoms with E-state index in [1.165, 1.54) is 12.1 Å². The van der Waals surface area contributed by atoms with Crippen LogP contribution < -0.4 is 0 Å². The Kier molecular flexibility index (Phi) is 3.42. The Balaban J connectivity index is 2.63. The van der Waals surface area contributed by atoms with Gasteiger partial charge in [-0.2, -0.15) is 0 Å². The fourth-order valence-corrected chi connectivity index (χ4v) is 2.02. The molecule has 0 aliphatic heterocycles. The van der Waals surface area contributed by atoms with Crippen LogP contribution in [-0.2, 0) is 0 Å². The van der Waals surface area contributed by atoms with Crippen molar-refractivity contribution < 1.29 is 9.72 Å². The van der Waals surface area contributed by atoms with Crippen molar-refractivity contribution in [3.63, 3.8) is 0 Å². The van der Waals surface area contributed by atoms with E-state index < -0.39 is 4.92 Å². The quantitative estimate of drug-likeness (QED) is 0.477. The summed E-state index contributed by atoms with van der Waals surface area (Å²) in [4.78, 5) is 21.2. The third kappa shape index (κ3) is 2.52. The normalized spacial score (nSPS) is 10.2. The number of carbonyl (C=O) groups excluding carboxylic acids is 1. The number of carbonyl (C=O) groups is 1. The lowest BCUT2D eigenvalue weighted by molar-refractivity contribution is -0.385. The maximum Gasteiger partial charge on any atom is 0.280 e. The fourth-order valence-electron chi connectivity index (χ4n) is 2.02. The van der Waals surface area contributed by atoms with Crippen LogP contribution in [0.1, 0.15) is 21.5 Å². The van der Waals surface area contributed by atoms with E-state index in [0.29, 0.717) is 6.29 Å². The summed E-state index contributed by atoms with van der Waals surface area (Å²) < 4.78 is 0. The molecule has 0 aliphatic carbocycles. The van der Waals surface area contributed by atoms with Gasteiger partial charge in [0.05, 0.1) is 10.5 Å². The second-order valence-corrected chi connectivity index (χ2v) is 4.47. The molecule has 0 fully saturated rings. The van der Waals surface area contributed by atoms with Crippen molar-refractivity contribution in [1.29, 1.82) is 0 Å². The average molecular weight is 255 g/mol. The molecule has 2 aromatic rings. The molecule has 2 rings (SSSR count). The Labute approximate surface area is 110 Å². The van der Waals surface area contributed by atoms with Crippen molar-refractivity contribution in [3.8, 4) is 11.1 Å². The topological polar surface area (TPSA) is 60.2 Å². The van der Waals surface area contributed by atoms with Crippen molar-refractivity contribution in [1.82, 2.24) is 0 Å². The molecule has 0 atom stereocenters. The largest absolute Gasteiger partial charge is 0.298 e. The molecule has 0 amide bonds. The van der Waals surface area contributed by atoms with Gasteiger partial charge in [0.1, 0.15) is 0 Å². The first-order valence-electron chi connectivity index (χ1n) is 5.84. The Morgan fingerprint density at radius 2 is 1.84 bits per heavy atom. The Morgan fingerprint density at radius 3 is 2.47 bits per heavy atom. The highest BCUT2D eigenvalue weighted by molar-refractivity contribution is 5.84. The number of aldehydes is 1. The number of hydrogen-bond donors (Lipinski definition) is 0. The number of rotatable bonds is 3. The highest BCUT2D eigenvalue weighted by atomic mass is 16.6. The first kappa shape index (κ1) is 13.0. The molecule has 0 unspecified atom stereocenters. The van der Waals surface area contributed by atoms with Gasteiger partial charge in [-0.3, -0.25) is 14.9 Å². The molecule has 96 valence electrons. The molecule has 4 heteroatoms. The Bertz CT molecular complexity index is 662. The summed E-state index contributed by atoms with van der Waals surface area (Å²) in [5.41, 5.74) is 3.76. The van der Waals surface area contributed by atoms with Crippen molar-refractivity contribution in [2.45, 2.75) is 13.8 Å². The van der Waals surface area contributed by atoms with Crippen LogP contribution in [0.15, 0.2) is 36.4 Å². The monoisotopic (exact) mass is 255 g/mol. The molecular formula is C15H13NO3. The van der Waals surface area contributed by atoms with Gasteiger partial charge in [-0.15, -0.1) is 0 Å². The van der Waals surface area contributed by atoms with Crippen LogP contribution in [-0.4, -0.2) is 11.2 Å². The van der Waals surface area contributed by atoms with Gasteiger partial charge >= 0.3 is 0 Å². The van der Waals surface area contributed by atoms with Crippen LogP contribution in [0.4, 0.5) is 5.69 Å². The van der Waals surface area contributed by atoms with Crippen LogP contribution >= 0.6 is 0 Å². The van der Waals surface area contributed by atoms with E-state index in [1.54, 1.807) is 6.07 Å². The number of benzene rings is 2. The van der Waals surface area contributed by atoms with E-state index in [0.717, 1.165) is 22.3 Å². The molecule has 0 heterocycles. The van der Waals surface area contributed by atoms with E-state index in [2.05, 4.69) is 0 Å². The summed E-state index contributed by atoms with van der Waals surface area (Å²) in [6, 6.07) is 10.6. The summed E-state index contributed by atoms with van der Waals surface area (Å²) in [5, 5.41) is 11.0.